The maximum Gasteiger partial charge on any atom is 0.262 e. The molecule has 0 saturated heterocycles. The summed E-state index contributed by atoms with van der Waals surface area (Å²) in [6.45, 7) is 7.66. The van der Waals surface area contributed by atoms with Crippen LogP contribution in [0.5, 0.6) is 5.75 Å². The minimum atomic E-state index is -3.59. The van der Waals surface area contributed by atoms with Crippen LogP contribution in [0.1, 0.15) is 36.5 Å². The molecule has 0 aliphatic heterocycles. The first-order chi connectivity index (χ1) is 13.0. The molecule has 0 unspecified atom stereocenters. The smallest absolute Gasteiger partial charge is 0.262 e. The van der Waals surface area contributed by atoms with Gasteiger partial charge in [0.15, 0.2) is 6.61 Å². The molecule has 0 radical (unpaired) electrons. The summed E-state index contributed by atoms with van der Waals surface area (Å²) in [5.41, 5.74) is 3.11. The van der Waals surface area contributed by atoms with E-state index in [0.717, 1.165) is 15.4 Å². The van der Waals surface area contributed by atoms with Crippen LogP contribution >= 0.6 is 0 Å². The van der Waals surface area contributed by atoms with E-state index >= 15 is 0 Å². The maximum absolute atomic E-state index is 12.4. The Kier molecular flexibility index (Phi) is 6.85. The molecule has 0 spiro atoms. The van der Waals surface area contributed by atoms with Gasteiger partial charge in [0, 0.05) is 19.8 Å². The zero-order valence-corrected chi connectivity index (χ0v) is 18.1. The van der Waals surface area contributed by atoms with E-state index in [1.807, 2.05) is 25.1 Å². The van der Waals surface area contributed by atoms with Gasteiger partial charge in [-0.15, -0.1) is 0 Å². The second-order valence-electron chi connectivity index (χ2n) is 7.30. The third kappa shape index (κ3) is 5.11. The van der Waals surface area contributed by atoms with Crippen LogP contribution in [0.4, 0.5) is 5.69 Å². The number of sulfonamides is 1. The Morgan fingerprint density at radius 3 is 2.39 bits per heavy atom. The number of nitrogens with zero attached hydrogens (tertiary/aromatic N) is 1. The average Bonchev–Trinajstić information content (AvgIpc) is 2.61. The van der Waals surface area contributed by atoms with Gasteiger partial charge in [-0.1, -0.05) is 32.0 Å². The third-order valence-electron chi connectivity index (χ3n) is 4.38. The molecular weight excluding hydrogens is 376 g/mol. The van der Waals surface area contributed by atoms with Crippen LogP contribution in [0.15, 0.2) is 41.3 Å². The second-order valence-corrected chi connectivity index (χ2v) is 9.42. The number of hydrogen-bond acceptors (Lipinski definition) is 4. The van der Waals surface area contributed by atoms with Crippen LogP contribution in [0.25, 0.3) is 0 Å². The van der Waals surface area contributed by atoms with E-state index in [2.05, 4.69) is 19.2 Å². The van der Waals surface area contributed by atoms with Crippen molar-refractivity contribution in [3.8, 4) is 5.75 Å². The van der Waals surface area contributed by atoms with Gasteiger partial charge in [-0.3, -0.25) is 4.79 Å². The van der Waals surface area contributed by atoms with E-state index < -0.39 is 10.0 Å². The molecular formula is C21H28N2O4S. The maximum atomic E-state index is 12.4. The van der Waals surface area contributed by atoms with Gasteiger partial charge in [-0.05, 0) is 54.7 Å². The molecule has 0 atom stereocenters. The van der Waals surface area contributed by atoms with Crippen molar-refractivity contribution in [3.05, 3.63) is 53.1 Å². The summed E-state index contributed by atoms with van der Waals surface area (Å²) in [4.78, 5) is 12.5. The monoisotopic (exact) mass is 404 g/mol. The van der Waals surface area contributed by atoms with Crippen LogP contribution in [0, 0.1) is 13.8 Å². The van der Waals surface area contributed by atoms with E-state index in [-0.39, 0.29) is 23.3 Å². The Bertz CT molecular complexity index is 966. The third-order valence-corrected chi connectivity index (χ3v) is 6.34. The van der Waals surface area contributed by atoms with Crippen LogP contribution in [-0.4, -0.2) is 39.3 Å². The van der Waals surface area contributed by atoms with E-state index in [0.29, 0.717) is 17.0 Å². The molecule has 2 aromatic carbocycles. The number of benzene rings is 2. The summed E-state index contributed by atoms with van der Waals surface area (Å²) in [5, 5.41) is 2.71. The van der Waals surface area contributed by atoms with Crippen molar-refractivity contribution in [2.75, 3.05) is 26.0 Å². The van der Waals surface area contributed by atoms with E-state index in [1.54, 1.807) is 19.1 Å². The number of aryl methyl sites for hydroxylation is 2. The van der Waals surface area contributed by atoms with Gasteiger partial charge in [0.1, 0.15) is 5.75 Å². The first-order valence-corrected chi connectivity index (χ1v) is 10.5. The molecule has 0 heterocycles. The van der Waals surface area contributed by atoms with Crippen LogP contribution in [0.2, 0.25) is 0 Å². The number of nitrogens with one attached hydrogen (secondary N) is 1. The zero-order valence-electron chi connectivity index (χ0n) is 17.2. The molecule has 2 rings (SSSR count). The summed E-state index contributed by atoms with van der Waals surface area (Å²) < 4.78 is 31.7. The fourth-order valence-electron chi connectivity index (χ4n) is 2.74. The molecule has 28 heavy (non-hydrogen) atoms. The highest BCUT2D eigenvalue weighted by atomic mass is 32.2. The number of hydrogen-bond donors (Lipinski definition) is 1. The van der Waals surface area contributed by atoms with Gasteiger partial charge in [0.2, 0.25) is 10.0 Å². The number of anilines is 1. The van der Waals surface area contributed by atoms with Crippen LogP contribution in [-0.2, 0) is 14.8 Å². The number of ether oxygens (including phenoxy) is 1. The molecule has 0 saturated carbocycles. The lowest BCUT2D eigenvalue weighted by atomic mass is 10.0. The Morgan fingerprint density at radius 1 is 1.11 bits per heavy atom. The lowest BCUT2D eigenvalue weighted by Crippen LogP contribution is -2.24. The highest BCUT2D eigenvalue weighted by molar-refractivity contribution is 7.89. The molecule has 1 amide bonds. The molecule has 7 heteroatoms. The molecule has 0 aromatic heterocycles. The van der Waals surface area contributed by atoms with Gasteiger partial charge < -0.3 is 10.1 Å². The Hall–Kier alpha value is -2.38. The Labute approximate surface area is 167 Å². The van der Waals surface area contributed by atoms with E-state index in [9.17, 15) is 13.2 Å². The summed E-state index contributed by atoms with van der Waals surface area (Å²) in [5.74, 6) is 0.604. The SMILES string of the molecule is Cc1ccc(C(C)C)c(OCC(=O)Nc2ccc(C)c(S(=O)(=O)N(C)C)c2)c1. The fraction of sp³-hybridized carbons (Fsp3) is 0.381. The summed E-state index contributed by atoms with van der Waals surface area (Å²) in [6.07, 6.45) is 0. The fourth-order valence-corrected chi connectivity index (χ4v) is 3.88. The lowest BCUT2D eigenvalue weighted by Gasteiger charge is -2.16. The molecule has 0 aliphatic rings. The van der Waals surface area contributed by atoms with E-state index in [4.69, 9.17) is 4.74 Å². The average molecular weight is 405 g/mol. The van der Waals surface area contributed by atoms with Crippen molar-refractivity contribution < 1.29 is 17.9 Å². The van der Waals surface area contributed by atoms with Gasteiger partial charge >= 0.3 is 0 Å². The van der Waals surface area contributed by atoms with Crippen molar-refractivity contribution in [2.24, 2.45) is 0 Å². The Morgan fingerprint density at radius 2 is 1.79 bits per heavy atom. The zero-order chi connectivity index (χ0) is 21.1. The predicted molar refractivity (Wildman–Crippen MR) is 111 cm³/mol. The minimum absolute atomic E-state index is 0.160. The molecule has 152 valence electrons. The van der Waals surface area contributed by atoms with Gasteiger partial charge in [0.25, 0.3) is 5.91 Å². The van der Waals surface area contributed by atoms with E-state index in [1.165, 1.54) is 20.2 Å². The van der Waals surface area contributed by atoms with Gasteiger partial charge in [-0.25, -0.2) is 12.7 Å². The van der Waals surface area contributed by atoms with Crippen LogP contribution < -0.4 is 10.1 Å². The largest absolute Gasteiger partial charge is 0.483 e. The summed E-state index contributed by atoms with van der Waals surface area (Å²) in [7, 11) is -0.642. The molecule has 0 aliphatic carbocycles. The minimum Gasteiger partial charge on any atom is -0.483 e. The molecule has 1 N–H and O–H groups in total. The highest BCUT2D eigenvalue weighted by Crippen LogP contribution is 2.27. The summed E-state index contributed by atoms with van der Waals surface area (Å²) in [6, 6.07) is 10.7. The van der Waals surface area contributed by atoms with Crippen molar-refractivity contribution >= 4 is 21.6 Å². The van der Waals surface area contributed by atoms with Gasteiger partial charge in [-0.2, -0.15) is 0 Å². The summed E-state index contributed by atoms with van der Waals surface area (Å²) >= 11 is 0. The van der Waals surface area contributed by atoms with Gasteiger partial charge in [0.05, 0.1) is 4.90 Å². The molecule has 2 aromatic rings. The Balaban J connectivity index is 2.14. The first kappa shape index (κ1) is 21.9. The number of carbonyl (C=O) groups is 1. The molecule has 0 fully saturated rings. The standard InChI is InChI=1S/C21H28N2O4S/c1-14(2)18-10-7-15(3)11-19(18)27-13-21(24)22-17-9-8-16(4)20(12-17)28(25,26)23(5)6/h7-12,14H,13H2,1-6H3,(H,22,24). The first-order valence-electron chi connectivity index (χ1n) is 9.08. The van der Waals surface area contributed by atoms with Crippen molar-refractivity contribution in [1.29, 1.82) is 0 Å². The topological polar surface area (TPSA) is 75.7 Å². The van der Waals surface area contributed by atoms with Crippen LogP contribution in [0.3, 0.4) is 0 Å². The van der Waals surface area contributed by atoms with Crippen molar-refractivity contribution in [3.63, 3.8) is 0 Å². The predicted octanol–water partition coefficient (Wildman–Crippen LogP) is 3.69. The number of amides is 1. The van der Waals surface area contributed by atoms with Crippen molar-refractivity contribution in [1.82, 2.24) is 4.31 Å². The molecule has 0 bridgehead atoms. The quantitative estimate of drug-likeness (QED) is 0.764. The normalized spacial score (nSPS) is 11.7. The highest BCUT2D eigenvalue weighted by Gasteiger charge is 2.20. The molecule has 6 nitrogen and oxygen atoms in total. The number of rotatable bonds is 7. The lowest BCUT2D eigenvalue weighted by molar-refractivity contribution is -0.118. The van der Waals surface area contributed by atoms with Crippen molar-refractivity contribution in [2.45, 2.75) is 38.5 Å². The second kappa shape index (κ2) is 8.75. The number of carbonyl (C=O) groups excluding carboxylic acids is 1.